The zero-order chi connectivity index (χ0) is 13.8. The summed E-state index contributed by atoms with van der Waals surface area (Å²) < 4.78 is 0. The van der Waals surface area contributed by atoms with Gasteiger partial charge < -0.3 is 15.3 Å². The molecule has 1 aliphatic heterocycles. The van der Waals surface area contributed by atoms with Crippen LogP contribution in [0.25, 0.3) is 0 Å². The van der Waals surface area contributed by atoms with Crippen LogP contribution in [-0.4, -0.2) is 48.8 Å². The van der Waals surface area contributed by atoms with E-state index in [0.29, 0.717) is 17.9 Å². The first-order valence-electron chi connectivity index (χ1n) is 8.86. The predicted molar refractivity (Wildman–Crippen MR) is 82.8 cm³/mol. The molecule has 0 radical (unpaired) electrons. The molecule has 116 valence electrons. The number of likely N-dealkylation sites (tertiary alicyclic amines) is 1. The van der Waals surface area contributed by atoms with Gasteiger partial charge in [-0.3, -0.25) is 0 Å². The van der Waals surface area contributed by atoms with Crippen molar-refractivity contribution in [2.45, 2.75) is 63.8 Å². The van der Waals surface area contributed by atoms with Crippen LogP contribution in [0.5, 0.6) is 0 Å². The van der Waals surface area contributed by atoms with Crippen LogP contribution in [-0.2, 0) is 0 Å². The van der Waals surface area contributed by atoms with Gasteiger partial charge in [0.05, 0.1) is 0 Å². The second-order valence-electron chi connectivity index (χ2n) is 7.64. The average molecular weight is 280 g/mol. The summed E-state index contributed by atoms with van der Waals surface area (Å²) in [5.74, 6) is 0.529. The Morgan fingerprint density at radius 1 is 1.05 bits per heavy atom. The maximum Gasteiger partial charge on any atom is 0.0471 e. The van der Waals surface area contributed by atoms with E-state index in [2.05, 4.69) is 10.2 Å². The quantitative estimate of drug-likeness (QED) is 0.784. The number of nitrogens with zero attached hydrogens (tertiary/aromatic N) is 1. The second-order valence-corrected chi connectivity index (χ2v) is 7.64. The van der Waals surface area contributed by atoms with Crippen molar-refractivity contribution < 1.29 is 5.11 Å². The van der Waals surface area contributed by atoms with Gasteiger partial charge in [-0.05, 0) is 56.4 Å². The minimum Gasteiger partial charge on any atom is -0.396 e. The molecule has 1 atom stereocenters. The van der Waals surface area contributed by atoms with E-state index in [-0.39, 0.29) is 0 Å². The van der Waals surface area contributed by atoms with E-state index in [1.54, 1.807) is 0 Å². The Bertz CT molecular complexity index is 297. The third-order valence-electron chi connectivity index (χ3n) is 5.68. The van der Waals surface area contributed by atoms with E-state index in [1.807, 2.05) is 0 Å². The van der Waals surface area contributed by atoms with Crippen LogP contribution >= 0.6 is 0 Å². The first kappa shape index (κ1) is 14.8. The number of aliphatic hydroxyl groups is 1. The lowest BCUT2D eigenvalue weighted by atomic mass is 9.73. The molecule has 0 amide bonds. The standard InChI is InChI=1S/C17H32N2O/c20-12-15-5-4-10-19(11-15)14-17(8-2-1-3-9-17)13-18-16-6-7-16/h15-16,18,20H,1-14H2. The third kappa shape index (κ3) is 3.96. The van der Waals surface area contributed by atoms with E-state index < -0.39 is 0 Å². The highest BCUT2D eigenvalue weighted by molar-refractivity contribution is 4.92. The molecule has 1 unspecified atom stereocenters. The summed E-state index contributed by atoms with van der Waals surface area (Å²) in [7, 11) is 0. The van der Waals surface area contributed by atoms with Gasteiger partial charge >= 0.3 is 0 Å². The van der Waals surface area contributed by atoms with Crippen molar-refractivity contribution in [3.8, 4) is 0 Å². The number of nitrogens with one attached hydrogen (secondary N) is 1. The van der Waals surface area contributed by atoms with Gasteiger partial charge in [-0.25, -0.2) is 0 Å². The first-order chi connectivity index (χ1) is 9.80. The van der Waals surface area contributed by atoms with Crippen LogP contribution in [0.1, 0.15) is 57.8 Å². The van der Waals surface area contributed by atoms with E-state index in [0.717, 1.165) is 12.6 Å². The lowest BCUT2D eigenvalue weighted by Gasteiger charge is -2.43. The van der Waals surface area contributed by atoms with Gasteiger partial charge in [-0.1, -0.05) is 19.3 Å². The van der Waals surface area contributed by atoms with Gasteiger partial charge in [0, 0.05) is 32.3 Å². The van der Waals surface area contributed by atoms with Gasteiger partial charge in [0.1, 0.15) is 0 Å². The number of aliphatic hydroxyl groups excluding tert-OH is 1. The maximum atomic E-state index is 9.42. The van der Waals surface area contributed by atoms with Crippen molar-refractivity contribution in [1.29, 1.82) is 0 Å². The van der Waals surface area contributed by atoms with Crippen molar-refractivity contribution in [2.75, 3.05) is 32.8 Å². The molecular weight excluding hydrogens is 248 g/mol. The van der Waals surface area contributed by atoms with E-state index in [4.69, 9.17) is 0 Å². The monoisotopic (exact) mass is 280 g/mol. The number of rotatable bonds is 6. The molecule has 0 aromatic rings. The molecule has 3 aliphatic rings. The molecule has 3 rings (SSSR count). The fourth-order valence-electron chi connectivity index (χ4n) is 4.26. The minimum absolute atomic E-state index is 0.379. The smallest absolute Gasteiger partial charge is 0.0471 e. The molecule has 3 fully saturated rings. The molecule has 2 aliphatic carbocycles. The topological polar surface area (TPSA) is 35.5 Å². The Labute approximate surface area is 124 Å². The Hall–Kier alpha value is -0.120. The van der Waals surface area contributed by atoms with Crippen molar-refractivity contribution in [1.82, 2.24) is 10.2 Å². The van der Waals surface area contributed by atoms with Gasteiger partial charge in [-0.15, -0.1) is 0 Å². The van der Waals surface area contributed by atoms with Gasteiger partial charge in [0.2, 0.25) is 0 Å². The largest absolute Gasteiger partial charge is 0.396 e. The summed E-state index contributed by atoms with van der Waals surface area (Å²) in [6.45, 7) is 5.26. The number of hydrogen-bond acceptors (Lipinski definition) is 3. The number of piperidine rings is 1. The summed E-state index contributed by atoms with van der Waals surface area (Å²) in [5, 5.41) is 13.2. The predicted octanol–water partition coefficient (Wildman–Crippen LogP) is 2.39. The summed E-state index contributed by atoms with van der Waals surface area (Å²) >= 11 is 0. The molecule has 3 heteroatoms. The molecule has 0 spiro atoms. The molecule has 0 bridgehead atoms. The fourth-order valence-corrected chi connectivity index (χ4v) is 4.26. The SMILES string of the molecule is OCC1CCCN(CC2(CNC3CC3)CCCCC2)C1. The molecule has 0 aromatic carbocycles. The minimum atomic E-state index is 0.379. The van der Waals surface area contributed by atoms with Crippen molar-refractivity contribution in [3.05, 3.63) is 0 Å². The summed E-state index contributed by atoms with van der Waals surface area (Å²) in [6, 6.07) is 0.834. The molecule has 2 saturated carbocycles. The Morgan fingerprint density at radius 2 is 1.85 bits per heavy atom. The third-order valence-corrected chi connectivity index (χ3v) is 5.68. The Morgan fingerprint density at radius 3 is 2.55 bits per heavy atom. The lowest BCUT2D eigenvalue weighted by Crippen LogP contribution is -2.48. The zero-order valence-corrected chi connectivity index (χ0v) is 12.9. The maximum absolute atomic E-state index is 9.42. The van der Waals surface area contributed by atoms with Gasteiger partial charge in [-0.2, -0.15) is 0 Å². The van der Waals surface area contributed by atoms with Crippen molar-refractivity contribution in [2.24, 2.45) is 11.3 Å². The summed E-state index contributed by atoms with van der Waals surface area (Å²) in [6.07, 6.45) is 12.4. The summed E-state index contributed by atoms with van der Waals surface area (Å²) in [4.78, 5) is 2.66. The van der Waals surface area contributed by atoms with Crippen LogP contribution in [0.2, 0.25) is 0 Å². The first-order valence-corrected chi connectivity index (χ1v) is 8.86. The average Bonchev–Trinajstić information content (AvgIpc) is 3.31. The molecule has 3 nitrogen and oxygen atoms in total. The zero-order valence-electron chi connectivity index (χ0n) is 12.9. The Balaban J connectivity index is 1.56. The highest BCUT2D eigenvalue weighted by Gasteiger charge is 2.36. The molecular formula is C17H32N2O. The van der Waals surface area contributed by atoms with Crippen LogP contribution in [0.3, 0.4) is 0 Å². The number of hydrogen-bond donors (Lipinski definition) is 2. The molecule has 20 heavy (non-hydrogen) atoms. The molecule has 1 heterocycles. The van der Waals surface area contributed by atoms with Crippen molar-refractivity contribution >= 4 is 0 Å². The second kappa shape index (κ2) is 6.76. The van der Waals surface area contributed by atoms with Crippen LogP contribution in [0.4, 0.5) is 0 Å². The highest BCUT2D eigenvalue weighted by atomic mass is 16.3. The molecule has 1 saturated heterocycles. The normalized spacial score (nSPS) is 31.4. The van der Waals surface area contributed by atoms with Crippen LogP contribution in [0, 0.1) is 11.3 Å². The van der Waals surface area contributed by atoms with E-state index in [1.165, 1.54) is 77.4 Å². The van der Waals surface area contributed by atoms with E-state index in [9.17, 15) is 5.11 Å². The van der Waals surface area contributed by atoms with Gasteiger partial charge in [0.15, 0.2) is 0 Å². The lowest BCUT2D eigenvalue weighted by molar-refractivity contribution is 0.0572. The molecule has 2 N–H and O–H groups in total. The highest BCUT2D eigenvalue weighted by Crippen LogP contribution is 2.38. The summed E-state index contributed by atoms with van der Waals surface area (Å²) in [5.41, 5.74) is 0.526. The van der Waals surface area contributed by atoms with Crippen LogP contribution in [0.15, 0.2) is 0 Å². The van der Waals surface area contributed by atoms with E-state index >= 15 is 0 Å². The molecule has 0 aromatic heterocycles. The Kier molecular flexibility index (Phi) is 5.00. The van der Waals surface area contributed by atoms with Crippen LogP contribution < -0.4 is 5.32 Å². The van der Waals surface area contributed by atoms with Gasteiger partial charge in [0.25, 0.3) is 0 Å². The fraction of sp³-hybridized carbons (Fsp3) is 1.00. The van der Waals surface area contributed by atoms with Crippen molar-refractivity contribution in [3.63, 3.8) is 0 Å².